The smallest absolute Gasteiger partial charge is 0.370 e. The third-order valence-corrected chi connectivity index (χ3v) is 3.06. The van der Waals surface area contributed by atoms with Crippen LogP contribution in [0.2, 0.25) is 0 Å². The molecule has 0 spiro atoms. The van der Waals surface area contributed by atoms with Crippen molar-refractivity contribution in [2.45, 2.75) is 25.1 Å². The Hall–Kier alpha value is -1.23. The minimum absolute atomic E-state index is 0.247. The third kappa shape index (κ3) is 2.72. The van der Waals surface area contributed by atoms with Gasteiger partial charge in [0.05, 0.1) is 5.56 Å². The highest BCUT2D eigenvalue weighted by Crippen LogP contribution is 2.31. The Kier molecular flexibility index (Phi) is 2.81. The van der Waals surface area contributed by atoms with Crippen molar-refractivity contribution in [1.29, 1.82) is 0 Å². The Morgan fingerprint density at radius 3 is 2.24 bits per heavy atom. The predicted molar refractivity (Wildman–Crippen MR) is 60.9 cm³/mol. The Labute approximate surface area is 98.2 Å². The Bertz CT molecular complexity index is 395. The van der Waals surface area contributed by atoms with Crippen molar-refractivity contribution in [2.24, 2.45) is 5.73 Å². The first-order valence-corrected chi connectivity index (χ1v) is 5.49. The van der Waals surface area contributed by atoms with Gasteiger partial charge in [0.15, 0.2) is 0 Å². The molecule has 1 aromatic rings. The number of nitrogens with two attached hydrogens (primary N) is 1. The monoisotopic (exact) mass is 244 g/mol. The highest BCUT2D eigenvalue weighted by Gasteiger charge is 2.32. The zero-order valence-corrected chi connectivity index (χ0v) is 9.59. The van der Waals surface area contributed by atoms with Gasteiger partial charge in [-0.25, -0.2) is 0 Å². The molecule has 0 aromatic heterocycles. The van der Waals surface area contributed by atoms with Crippen molar-refractivity contribution in [3.63, 3.8) is 0 Å². The second-order valence-electron chi connectivity index (χ2n) is 4.87. The normalized spacial score (nSPS) is 25.4. The molecule has 1 fully saturated rings. The average Bonchev–Trinajstić information content (AvgIpc) is 2.58. The van der Waals surface area contributed by atoms with E-state index >= 15 is 0 Å². The average molecular weight is 244 g/mol. The van der Waals surface area contributed by atoms with Crippen molar-refractivity contribution >= 4 is 5.69 Å². The lowest BCUT2D eigenvalue weighted by molar-refractivity contribution is -0.137. The van der Waals surface area contributed by atoms with E-state index in [-0.39, 0.29) is 5.54 Å². The van der Waals surface area contributed by atoms with Gasteiger partial charge in [0.2, 0.25) is 0 Å². The Morgan fingerprint density at radius 1 is 1.24 bits per heavy atom. The molecule has 0 amide bonds. The topological polar surface area (TPSA) is 29.3 Å². The molecule has 0 bridgehead atoms. The molecule has 2 rings (SSSR count). The van der Waals surface area contributed by atoms with Crippen LogP contribution in [0, 0.1) is 0 Å². The van der Waals surface area contributed by atoms with Gasteiger partial charge >= 0.3 is 6.18 Å². The highest BCUT2D eigenvalue weighted by molar-refractivity contribution is 5.49. The molecule has 1 aliphatic rings. The molecule has 94 valence electrons. The van der Waals surface area contributed by atoms with Gasteiger partial charge in [0.25, 0.3) is 0 Å². The van der Waals surface area contributed by atoms with Crippen molar-refractivity contribution in [1.82, 2.24) is 0 Å². The molecule has 1 heterocycles. The van der Waals surface area contributed by atoms with Crippen molar-refractivity contribution in [3.8, 4) is 0 Å². The maximum absolute atomic E-state index is 12.4. The van der Waals surface area contributed by atoms with Crippen LogP contribution >= 0.6 is 0 Å². The van der Waals surface area contributed by atoms with Gasteiger partial charge < -0.3 is 10.6 Å². The van der Waals surface area contributed by atoms with E-state index in [0.717, 1.165) is 30.8 Å². The van der Waals surface area contributed by atoms with Crippen LogP contribution in [0.5, 0.6) is 0 Å². The molecule has 1 unspecified atom stereocenters. The summed E-state index contributed by atoms with van der Waals surface area (Å²) in [5.41, 5.74) is 5.92. The summed E-state index contributed by atoms with van der Waals surface area (Å²) in [5.74, 6) is 0. The van der Waals surface area contributed by atoms with Crippen molar-refractivity contribution in [3.05, 3.63) is 29.8 Å². The summed E-state index contributed by atoms with van der Waals surface area (Å²) >= 11 is 0. The van der Waals surface area contributed by atoms with E-state index in [9.17, 15) is 13.2 Å². The van der Waals surface area contributed by atoms with Crippen LogP contribution in [-0.4, -0.2) is 18.6 Å². The van der Waals surface area contributed by atoms with Crippen LogP contribution in [0.4, 0.5) is 18.9 Å². The number of benzene rings is 1. The molecule has 2 nitrogen and oxygen atoms in total. The first-order valence-electron chi connectivity index (χ1n) is 5.49. The fraction of sp³-hybridized carbons (Fsp3) is 0.500. The van der Waals surface area contributed by atoms with E-state index in [1.807, 2.05) is 11.8 Å². The molecule has 1 atom stereocenters. The lowest BCUT2D eigenvalue weighted by Crippen LogP contribution is -2.39. The van der Waals surface area contributed by atoms with E-state index in [4.69, 9.17) is 5.73 Å². The van der Waals surface area contributed by atoms with Gasteiger partial charge in [-0.15, -0.1) is 0 Å². The van der Waals surface area contributed by atoms with Crippen LogP contribution in [-0.2, 0) is 6.18 Å². The van der Waals surface area contributed by atoms with Crippen LogP contribution in [0.3, 0.4) is 0 Å². The number of hydrogen-bond donors (Lipinski definition) is 1. The SMILES string of the molecule is CC1(N)CCN(c2ccc(C(F)(F)F)cc2)C1. The van der Waals surface area contributed by atoms with Gasteiger partial charge in [-0.2, -0.15) is 13.2 Å². The first kappa shape index (κ1) is 12.2. The quantitative estimate of drug-likeness (QED) is 0.822. The van der Waals surface area contributed by atoms with Crippen molar-refractivity contribution in [2.75, 3.05) is 18.0 Å². The van der Waals surface area contributed by atoms with E-state index in [1.54, 1.807) is 0 Å². The standard InChI is InChI=1S/C12H15F3N2/c1-11(16)6-7-17(8-11)10-4-2-9(3-5-10)12(13,14)15/h2-5H,6-8,16H2,1H3. The maximum Gasteiger partial charge on any atom is 0.416 e. The minimum Gasteiger partial charge on any atom is -0.370 e. The number of alkyl halides is 3. The van der Waals surface area contributed by atoms with Gasteiger partial charge in [0, 0.05) is 24.3 Å². The van der Waals surface area contributed by atoms with Crippen LogP contribution in [0.25, 0.3) is 0 Å². The fourth-order valence-electron chi connectivity index (χ4n) is 2.07. The molecule has 1 aromatic carbocycles. The number of nitrogens with zero attached hydrogens (tertiary/aromatic N) is 1. The van der Waals surface area contributed by atoms with Gasteiger partial charge in [-0.3, -0.25) is 0 Å². The highest BCUT2D eigenvalue weighted by atomic mass is 19.4. The zero-order valence-electron chi connectivity index (χ0n) is 9.59. The summed E-state index contributed by atoms with van der Waals surface area (Å²) in [6, 6.07) is 5.23. The number of rotatable bonds is 1. The van der Waals surface area contributed by atoms with Gasteiger partial charge in [-0.05, 0) is 37.6 Å². The molecule has 0 saturated carbocycles. The Balaban J connectivity index is 2.14. The fourth-order valence-corrected chi connectivity index (χ4v) is 2.07. The number of hydrogen-bond acceptors (Lipinski definition) is 2. The van der Waals surface area contributed by atoms with Crippen LogP contribution in [0.15, 0.2) is 24.3 Å². The second-order valence-corrected chi connectivity index (χ2v) is 4.87. The van der Waals surface area contributed by atoms with E-state index in [1.165, 1.54) is 12.1 Å². The van der Waals surface area contributed by atoms with Gasteiger partial charge in [0.1, 0.15) is 0 Å². The molecule has 17 heavy (non-hydrogen) atoms. The van der Waals surface area contributed by atoms with Gasteiger partial charge in [-0.1, -0.05) is 0 Å². The van der Waals surface area contributed by atoms with Crippen LogP contribution < -0.4 is 10.6 Å². The summed E-state index contributed by atoms with van der Waals surface area (Å²) < 4.78 is 37.2. The van der Waals surface area contributed by atoms with Crippen LogP contribution in [0.1, 0.15) is 18.9 Å². The molecule has 0 radical (unpaired) electrons. The summed E-state index contributed by atoms with van der Waals surface area (Å²) in [6.45, 7) is 3.42. The molecular weight excluding hydrogens is 229 g/mol. The molecule has 1 saturated heterocycles. The van der Waals surface area contributed by atoms with Crippen molar-refractivity contribution < 1.29 is 13.2 Å². The lowest BCUT2D eigenvalue weighted by Gasteiger charge is -2.22. The molecule has 5 heteroatoms. The third-order valence-electron chi connectivity index (χ3n) is 3.06. The first-order chi connectivity index (χ1) is 7.78. The van der Waals surface area contributed by atoms with E-state index in [2.05, 4.69) is 0 Å². The zero-order chi connectivity index (χ0) is 12.7. The molecule has 2 N–H and O–H groups in total. The van der Waals surface area contributed by atoms with E-state index in [0.29, 0.717) is 6.54 Å². The minimum atomic E-state index is -4.27. The summed E-state index contributed by atoms with van der Waals surface area (Å²) in [5, 5.41) is 0. The Morgan fingerprint density at radius 2 is 1.82 bits per heavy atom. The summed E-state index contributed by atoms with van der Waals surface area (Å²) in [4.78, 5) is 2.01. The number of anilines is 1. The second kappa shape index (κ2) is 3.91. The number of halogens is 3. The molecular formula is C12H15F3N2. The largest absolute Gasteiger partial charge is 0.416 e. The summed E-state index contributed by atoms with van der Waals surface area (Å²) in [7, 11) is 0. The predicted octanol–water partition coefficient (Wildman–Crippen LogP) is 2.63. The molecule has 1 aliphatic heterocycles. The summed E-state index contributed by atoms with van der Waals surface area (Å²) in [6.07, 6.45) is -3.42. The maximum atomic E-state index is 12.4. The molecule has 0 aliphatic carbocycles. The lowest BCUT2D eigenvalue weighted by atomic mass is 10.0. The van der Waals surface area contributed by atoms with E-state index < -0.39 is 11.7 Å².